The highest BCUT2D eigenvalue weighted by atomic mass is 35.5. The topological polar surface area (TPSA) is 79.4 Å². The van der Waals surface area contributed by atoms with Crippen LogP contribution in [0.1, 0.15) is 12.8 Å². The third kappa shape index (κ3) is 4.56. The molecule has 1 fully saturated rings. The van der Waals surface area contributed by atoms with Gasteiger partial charge in [0.2, 0.25) is 15.9 Å². The lowest BCUT2D eigenvalue weighted by Crippen LogP contribution is -2.43. The molecule has 0 radical (unpaired) electrons. The summed E-state index contributed by atoms with van der Waals surface area (Å²) >= 11 is 8.92. The summed E-state index contributed by atoms with van der Waals surface area (Å²) < 4.78 is 28.6. The van der Waals surface area contributed by atoms with Crippen molar-refractivity contribution >= 4 is 65.4 Å². The maximum Gasteiger partial charge on any atom is 0.243 e. The number of anilines is 1. The normalized spacial score (nSPS) is 17.3. The molecule has 0 saturated carbocycles. The second-order valence-electron chi connectivity index (χ2n) is 7.80. The minimum absolute atomic E-state index is 0.151. The molecular weight excluding hydrogens is 498 g/mol. The number of benzene rings is 2. The van der Waals surface area contributed by atoms with Gasteiger partial charge in [-0.2, -0.15) is 4.31 Å². The van der Waals surface area contributed by atoms with Crippen molar-refractivity contribution in [2.24, 2.45) is 5.92 Å². The van der Waals surface area contributed by atoms with E-state index in [4.69, 9.17) is 16.6 Å². The first-order valence-electron chi connectivity index (χ1n) is 10.4. The number of halogens is 1. The fraction of sp³-hybridized carbons (Fsp3) is 0.217. The number of amides is 1. The zero-order chi connectivity index (χ0) is 23.0. The average molecular weight is 518 g/mol. The molecular formula is C23H20ClN3O3S3. The van der Waals surface area contributed by atoms with Gasteiger partial charge in [0, 0.05) is 23.7 Å². The third-order valence-corrected chi connectivity index (χ3v) is 9.66. The van der Waals surface area contributed by atoms with Gasteiger partial charge in [0.15, 0.2) is 0 Å². The van der Waals surface area contributed by atoms with Crippen LogP contribution in [-0.2, 0) is 14.8 Å². The summed E-state index contributed by atoms with van der Waals surface area (Å²) in [5.74, 6) is -0.595. The molecule has 1 saturated heterocycles. The highest BCUT2D eigenvalue weighted by Crippen LogP contribution is 2.38. The van der Waals surface area contributed by atoms with Crippen LogP contribution in [0.25, 0.3) is 20.8 Å². The second kappa shape index (κ2) is 9.15. The number of fused-ring (bicyclic) bond motifs is 1. The van der Waals surface area contributed by atoms with E-state index in [1.54, 1.807) is 23.5 Å². The van der Waals surface area contributed by atoms with Crippen molar-refractivity contribution in [2.45, 2.75) is 17.7 Å². The summed E-state index contributed by atoms with van der Waals surface area (Å²) in [6, 6.07) is 16.0. The molecule has 1 atom stereocenters. The molecule has 4 aromatic rings. The van der Waals surface area contributed by atoms with E-state index in [1.165, 1.54) is 27.8 Å². The van der Waals surface area contributed by atoms with Crippen molar-refractivity contribution in [3.05, 3.63) is 65.0 Å². The number of para-hydroxylation sites is 1. The predicted octanol–water partition coefficient (Wildman–Crippen LogP) is 5.72. The molecule has 2 aromatic heterocycles. The third-order valence-electron chi connectivity index (χ3n) is 5.63. The van der Waals surface area contributed by atoms with Crippen LogP contribution < -0.4 is 5.32 Å². The molecule has 2 aromatic carbocycles. The number of carbonyl (C=O) groups excluding carboxylic acids is 1. The first-order chi connectivity index (χ1) is 15.9. The first kappa shape index (κ1) is 22.5. The minimum Gasteiger partial charge on any atom is -0.317 e. The molecule has 10 heteroatoms. The molecule has 1 amide bonds. The fourth-order valence-electron chi connectivity index (χ4n) is 3.91. The Hall–Kier alpha value is -2.30. The van der Waals surface area contributed by atoms with Gasteiger partial charge in [-0.1, -0.05) is 23.7 Å². The Labute approximate surface area is 204 Å². The van der Waals surface area contributed by atoms with Gasteiger partial charge in [0.05, 0.1) is 21.0 Å². The van der Waals surface area contributed by atoms with E-state index < -0.39 is 15.9 Å². The SMILES string of the molecule is O=C(Nc1sccc1-c1nc2ccccc2s1)C1CCCN(S(=O)(=O)c2ccc(Cl)cc2)C1. The molecule has 6 nitrogen and oxygen atoms in total. The second-order valence-corrected chi connectivity index (χ2v) is 12.1. The van der Waals surface area contributed by atoms with Gasteiger partial charge in [0.1, 0.15) is 10.0 Å². The van der Waals surface area contributed by atoms with Gasteiger partial charge in [0.25, 0.3) is 0 Å². The molecule has 33 heavy (non-hydrogen) atoms. The lowest BCUT2D eigenvalue weighted by atomic mass is 9.99. The number of nitrogens with one attached hydrogen (secondary N) is 1. The maximum atomic E-state index is 13.1. The molecule has 3 heterocycles. The van der Waals surface area contributed by atoms with Crippen LogP contribution in [0.2, 0.25) is 5.02 Å². The zero-order valence-corrected chi connectivity index (χ0v) is 20.6. The summed E-state index contributed by atoms with van der Waals surface area (Å²) in [6.07, 6.45) is 1.26. The molecule has 0 bridgehead atoms. The minimum atomic E-state index is -3.68. The molecule has 1 aliphatic rings. The quantitative estimate of drug-likeness (QED) is 0.367. The van der Waals surface area contributed by atoms with Crippen LogP contribution >= 0.6 is 34.3 Å². The Kier molecular flexibility index (Phi) is 6.24. The van der Waals surface area contributed by atoms with Crippen LogP contribution in [0.4, 0.5) is 5.00 Å². The molecule has 0 aliphatic carbocycles. The van der Waals surface area contributed by atoms with E-state index in [1.807, 2.05) is 35.7 Å². The van der Waals surface area contributed by atoms with E-state index in [2.05, 4.69) is 5.32 Å². The zero-order valence-electron chi connectivity index (χ0n) is 17.4. The molecule has 0 spiro atoms. The van der Waals surface area contributed by atoms with Crippen molar-refractivity contribution in [2.75, 3.05) is 18.4 Å². The number of aromatic nitrogens is 1. The lowest BCUT2D eigenvalue weighted by Gasteiger charge is -2.31. The van der Waals surface area contributed by atoms with Crippen molar-refractivity contribution in [1.29, 1.82) is 0 Å². The predicted molar refractivity (Wildman–Crippen MR) is 134 cm³/mol. The van der Waals surface area contributed by atoms with Crippen LogP contribution in [0.15, 0.2) is 64.9 Å². The van der Waals surface area contributed by atoms with Gasteiger partial charge in [-0.3, -0.25) is 4.79 Å². The van der Waals surface area contributed by atoms with E-state index >= 15 is 0 Å². The fourth-order valence-corrected chi connectivity index (χ4v) is 7.41. The average Bonchev–Trinajstić information content (AvgIpc) is 3.46. The molecule has 1 unspecified atom stereocenters. The molecule has 5 rings (SSSR count). The summed E-state index contributed by atoms with van der Waals surface area (Å²) in [5, 5.41) is 7.02. The van der Waals surface area contributed by atoms with Crippen molar-refractivity contribution < 1.29 is 13.2 Å². The Morgan fingerprint density at radius 1 is 1.12 bits per heavy atom. The van der Waals surface area contributed by atoms with E-state index in [0.717, 1.165) is 25.8 Å². The van der Waals surface area contributed by atoms with Crippen LogP contribution in [0.3, 0.4) is 0 Å². The van der Waals surface area contributed by atoms with Crippen molar-refractivity contribution in [1.82, 2.24) is 9.29 Å². The Bertz CT molecular complexity index is 1380. The lowest BCUT2D eigenvalue weighted by molar-refractivity contribution is -0.120. The van der Waals surface area contributed by atoms with Gasteiger partial charge >= 0.3 is 0 Å². The Morgan fingerprint density at radius 2 is 1.91 bits per heavy atom. The number of hydrogen-bond donors (Lipinski definition) is 1. The molecule has 170 valence electrons. The Morgan fingerprint density at radius 3 is 2.70 bits per heavy atom. The first-order valence-corrected chi connectivity index (χ1v) is 13.9. The van der Waals surface area contributed by atoms with Crippen molar-refractivity contribution in [3.8, 4) is 10.6 Å². The number of carbonyl (C=O) groups is 1. The highest BCUT2D eigenvalue weighted by Gasteiger charge is 2.33. The number of thiazole rings is 1. The summed E-state index contributed by atoms with van der Waals surface area (Å²) in [5.41, 5.74) is 1.81. The van der Waals surface area contributed by atoms with Gasteiger partial charge in [-0.15, -0.1) is 22.7 Å². The number of rotatable bonds is 5. The summed E-state index contributed by atoms with van der Waals surface area (Å²) in [7, 11) is -3.68. The molecule has 1 aliphatic heterocycles. The van der Waals surface area contributed by atoms with Crippen LogP contribution in [0.5, 0.6) is 0 Å². The van der Waals surface area contributed by atoms with Gasteiger partial charge in [-0.25, -0.2) is 13.4 Å². The van der Waals surface area contributed by atoms with E-state index in [9.17, 15) is 13.2 Å². The number of nitrogens with zero attached hydrogens (tertiary/aromatic N) is 2. The van der Waals surface area contributed by atoms with E-state index in [0.29, 0.717) is 24.4 Å². The van der Waals surface area contributed by atoms with Crippen LogP contribution in [-0.4, -0.2) is 36.7 Å². The monoisotopic (exact) mass is 517 g/mol. The standard InChI is InChI=1S/C23H20ClN3O3S3/c24-16-7-9-17(10-8-16)33(29,30)27-12-3-4-15(14-27)21(28)26-22-18(11-13-31-22)23-25-19-5-1-2-6-20(19)32-23/h1-2,5-11,13,15H,3-4,12,14H2,(H,26,28). The van der Waals surface area contributed by atoms with Gasteiger partial charge < -0.3 is 5.32 Å². The number of hydrogen-bond acceptors (Lipinski definition) is 6. The smallest absolute Gasteiger partial charge is 0.243 e. The van der Waals surface area contributed by atoms with Crippen LogP contribution in [0, 0.1) is 5.92 Å². The number of piperidine rings is 1. The van der Waals surface area contributed by atoms with E-state index in [-0.39, 0.29) is 17.3 Å². The number of thiophene rings is 1. The summed E-state index contributed by atoms with van der Waals surface area (Å²) in [4.78, 5) is 18.0. The highest BCUT2D eigenvalue weighted by molar-refractivity contribution is 7.89. The van der Waals surface area contributed by atoms with Gasteiger partial charge in [-0.05, 0) is 60.7 Å². The summed E-state index contributed by atoms with van der Waals surface area (Å²) in [6.45, 7) is 0.545. The maximum absolute atomic E-state index is 13.1. The molecule has 1 N–H and O–H groups in total. The number of sulfonamides is 1. The van der Waals surface area contributed by atoms with Crippen molar-refractivity contribution in [3.63, 3.8) is 0 Å². The largest absolute Gasteiger partial charge is 0.317 e. The Balaban J connectivity index is 1.33.